The van der Waals surface area contributed by atoms with Gasteiger partial charge in [0.2, 0.25) is 0 Å². The van der Waals surface area contributed by atoms with E-state index in [0.29, 0.717) is 17.0 Å². The van der Waals surface area contributed by atoms with Gasteiger partial charge in [0, 0.05) is 22.6 Å². The molecule has 92 valence electrons. The molecule has 1 aromatic heterocycles. The highest BCUT2D eigenvalue weighted by Crippen LogP contribution is 2.28. The Kier molecular flexibility index (Phi) is 4.56. The van der Waals surface area contributed by atoms with Crippen molar-refractivity contribution in [1.82, 2.24) is 0 Å². The van der Waals surface area contributed by atoms with Crippen molar-refractivity contribution in [2.45, 2.75) is 6.04 Å². The van der Waals surface area contributed by atoms with Crippen molar-refractivity contribution in [3.63, 3.8) is 0 Å². The number of hydrogen-bond donors (Lipinski definition) is 1. The van der Waals surface area contributed by atoms with E-state index in [4.69, 9.17) is 5.73 Å². The normalized spacial score (nSPS) is 12.0. The summed E-state index contributed by atoms with van der Waals surface area (Å²) in [5, 5.41) is 1.76. The molecule has 0 fully saturated rings. The molecule has 0 aliphatic heterocycles. The molecule has 1 nitrogen and oxygen atoms in total. The van der Waals surface area contributed by atoms with Crippen LogP contribution in [0.5, 0.6) is 0 Å². The average Bonchev–Trinajstić information content (AvgIpc) is 2.67. The minimum absolute atomic E-state index is 0. The van der Waals surface area contributed by atoms with Gasteiger partial charge in [0.1, 0.15) is 17.5 Å². The molecule has 0 spiro atoms. The third kappa shape index (κ3) is 2.80. The number of hydrogen-bond acceptors (Lipinski definition) is 2. The van der Waals surface area contributed by atoms with E-state index < -0.39 is 23.5 Å². The standard InChI is InChI=1S/C11H8F3NS.ClH/c12-6-4-7(13)10(8(14)5-6)11(15)9-2-1-3-16-9;/h1-5,11H,15H2;1H/t11-;/m0./s1. The first kappa shape index (κ1) is 14.0. The van der Waals surface area contributed by atoms with Gasteiger partial charge < -0.3 is 5.73 Å². The van der Waals surface area contributed by atoms with Crippen LogP contribution in [0.15, 0.2) is 29.6 Å². The van der Waals surface area contributed by atoms with Crippen LogP contribution in [-0.4, -0.2) is 0 Å². The summed E-state index contributed by atoms with van der Waals surface area (Å²) in [7, 11) is 0. The second-order valence-corrected chi connectivity index (χ2v) is 4.26. The highest BCUT2D eigenvalue weighted by atomic mass is 35.5. The van der Waals surface area contributed by atoms with Crippen molar-refractivity contribution < 1.29 is 13.2 Å². The van der Waals surface area contributed by atoms with E-state index >= 15 is 0 Å². The van der Waals surface area contributed by atoms with Gasteiger partial charge >= 0.3 is 0 Å². The number of rotatable bonds is 2. The molecule has 0 radical (unpaired) electrons. The molecule has 1 aromatic carbocycles. The summed E-state index contributed by atoms with van der Waals surface area (Å²) in [6.45, 7) is 0. The molecule has 0 saturated heterocycles. The van der Waals surface area contributed by atoms with Crippen LogP contribution in [0.1, 0.15) is 16.5 Å². The molecule has 6 heteroatoms. The molecule has 1 atom stereocenters. The lowest BCUT2D eigenvalue weighted by molar-refractivity contribution is 0.516. The topological polar surface area (TPSA) is 26.0 Å². The van der Waals surface area contributed by atoms with E-state index in [-0.39, 0.29) is 18.0 Å². The van der Waals surface area contributed by atoms with Crippen molar-refractivity contribution in [3.8, 4) is 0 Å². The Bertz CT molecular complexity index is 478. The van der Waals surface area contributed by atoms with Gasteiger partial charge in [-0.2, -0.15) is 0 Å². The maximum Gasteiger partial charge on any atom is 0.134 e. The maximum absolute atomic E-state index is 13.4. The van der Waals surface area contributed by atoms with Crippen molar-refractivity contribution in [3.05, 3.63) is 57.5 Å². The molecular formula is C11H9ClF3NS. The molecule has 0 saturated carbocycles. The van der Waals surface area contributed by atoms with Gasteiger partial charge in [-0.1, -0.05) is 6.07 Å². The van der Waals surface area contributed by atoms with Gasteiger partial charge in [-0.3, -0.25) is 0 Å². The van der Waals surface area contributed by atoms with Gasteiger partial charge in [0.05, 0.1) is 6.04 Å². The minimum Gasteiger partial charge on any atom is -0.319 e. The first-order chi connectivity index (χ1) is 7.59. The summed E-state index contributed by atoms with van der Waals surface area (Å²) in [6, 6.07) is 3.77. The summed E-state index contributed by atoms with van der Waals surface area (Å²) in [4.78, 5) is 0.629. The van der Waals surface area contributed by atoms with Gasteiger partial charge in [-0.25, -0.2) is 13.2 Å². The summed E-state index contributed by atoms with van der Waals surface area (Å²) in [5.41, 5.74) is 5.42. The van der Waals surface area contributed by atoms with Gasteiger partial charge in [-0.05, 0) is 11.4 Å². The Labute approximate surface area is 106 Å². The zero-order valence-corrected chi connectivity index (χ0v) is 10.1. The second-order valence-electron chi connectivity index (χ2n) is 3.28. The van der Waals surface area contributed by atoms with E-state index in [0.717, 1.165) is 0 Å². The molecule has 2 rings (SSSR count). The van der Waals surface area contributed by atoms with E-state index in [9.17, 15) is 13.2 Å². The van der Waals surface area contributed by atoms with Crippen LogP contribution in [0.3, 0.4) is 0 Å². The lowest BCUT2D eigenvalue weighted by Crippen LogP contribution is -2.14. The van der Waals surface area contributed by atoms with Gasteiger partial charge in [-0.15, -0.1) is 23.7 Å². The molecule has 0 aliphatic rings. The highest BCUT2D eigenvalue weighted by Gasteiger charge is 2.20. The quantitative estimate of drug-likeness (QED) is 0.892. The molecule has 0 amide bonds. The molecule has 1 heterocycles. The number of nitrogens with two attached hydrogens (primary N) is 1. The van der Waals surface area contributed by atoms with E-state index in [1.807, 2.05) is 0 Å². The maximum atomic E-state index is 13.4. The van der Waals surface area contributed by atoms with Crippen LogP contribution in [-0.2, 0) is 0 Å². The molecule has 2 aromatic rings. The predicted molar refractivity (Wildman–Crippen MR) is 63.9 cm³/mol. The van der Waals surface area contributed by atoms with Crippen LogP contribution in [0.4, 0.5) is 13.2 Å². The largest absolute Gasteiger partial charge is 0.319 e. The second kappa shape index (κ2) is 5.53. The minimum atomic E-state index is -0.960. The Morgan fingerprint density at radius 3 is 2.18 bits per heavy atom. The van der Waals surface area contributed by atoms with Crippen molar-refractivity contribution in [1.29, 1.82) is 0 Å². The molecule has 17 heavy (non-hydrogen) atoms. The fraction of sp³-hybridized carbons (Fsp3) is 0.0909. The zero-order valence-electron chi connectivity index (χ0n) is 8.49. The molecule has 2 N–H and O–H groups in total. The van der Waals surface area contributed by atoms with Crippen molar-refractivity contribution in [2.75, 3.05) is 0 Å². The van der Waals surface area contributed by atoms with Crippen molar-refractivity contribution >= 4 is 23.7 Å². The predicted octanol–water partition coefficient (Wildman–Crippen LogP) is 3.64. The number of benzene rings is 1. The number of halogens is 4. The smallest absolute Gasteiger partial charge is 0.134 e. The summed E-state index contributed by atoms with van der Waals surface area (Å²) in [5.74, 6) is -2.87. The zero-order chi connectivity index (χ0) is 11.7. The lowest BCUT2D eigenvalue weighted by atomic mass is 10.0. The Morgan fingerprint density at radius 1 is 1.12 bits per heavy atom. The van der Waals surface area contributed by atoms with Gasteiger partial charge in [0.15, 0.2) is 0 Å². The first-order valence-electron chi connectivity index (χ1n) is 4.53. The monoisotopic (exact) mass is 279 g/mol. The Morgan fingerprint density at radius 2 is 1.71 bits per heavy atom. The van der Waals surface area contributed by atoms with Gasteiger partial charge in [0.25, 0.3) is 0 Å². The Hall–Kier alpha value is -1.04. The van der Waals surface area contributed by atoms with Crippen LogP contribution < -0.4 is 5.73 Å². The van der Waals surface area contributed by atoms with E-state index in [1.54, 1.807) is 17.5 Å². The number of thiophene rings is 1. The summed E-state index contributed by atoms with van der Waals surface area (Å²) >= 11 is 1.30. The van der Waals surface area contributed by atoms with E-state index in [1.165, 1.54) is 11.3 Å². The summed E-state index contributed by atoms with van der Waals surface area (Å²) in [6.07, 6.45) is 0. The molecular weight excluding hydrogens is 271 g/mol. The first-order valence-corrected chi connectivity index (χ1v) is 5.41. The third-order valence-electron chi connectivity index (χ3n) is 2.20. The SMILES string of the molecule is Cl.N[C@@H](c1cccs1)c1c(F)cc(F)cc1F. The average molecular weight is 280 g/mol. The van der Waals surface area contributed by atoms with Crippen LogP contribution in [0, 0.1) is 17.5 Å². The van der Waals surface area contributed by atoms with E-state index in [2.05, 4.69) is 0 Å². The lowest BCUT2D eigenvalue weighted by Gasteiger charge is -2.12. The fourth-order valence-corrected chi connectivity index (χ4v) is 2.20. The van der Waals surface area contributed by atoms with Crippen LogP contribution >= 0.6 is 23.7 Å². The molecule has 0 aliphatic carbocycles. The summed E-state index contributed by atoms with van der Waals surface area (Å²) < 4.78 is 39.5. The van der Waals surface area contributed by atoms with Crippen molar-refractivity contribution in [2.24, 2.45) is 5.73 Å². The Balaban J connectivity index is 0.00000144. The fourth-order valence-electron chi connectivity index (χ4n) is 1.46. The molecule has 0 unspecified atom stereocenters. The van der Waals surface area contributed by atoms with Crippen LogP contribution in [0.2, 0.25) is 0 Å². The van der Waals surface area contributed by atoms with Crippen LogP contribution in [0.25, 0.3) is 0 Å². The highest BCUT2D eigenvalue weighted by molar-refractivity contribution is 7.10. The third-order valence-corrected chi connectivity index (χ3v) is 3.16. The molecule has 0 bridgehead atoms.